The molecule has 0 saturated carbocycles. The van der Waals surface area contributed by atoms with E-state index in [2.05, 4.69) is 10.3 Å². The van der Waals surface area contributed by atoms with Gasteiger partial charge in [-0.3, -0.25) is 0 Å². The Labute approximate surface area is 89.7 Å². The Bertz CT molecular complexity index is 318. The van der Waals surface area contributed by atoms with E-state index >= 15 is 0 Å². The third kappa shape index (κ3) is 4.11. The first-order valence-electron chi connectivity index (χ1n) is 4.47. The number of anilines is 1. The molecule has 0 unspecified atom stereocenters. The first kappa shape index (κ1) is 12.7. The average molecular weight is 212 g/mol. The van der Waals surface area contributed by atoms with Gasteiger partial charge < -0.3 is 5.32 Å². The van der Waals surface area contributed by atoms with E-state index in [0.29, 0.717) is 5.15 Å². The van der Waals surface area contributed by atoms with Gasteiger partial charge in [-0.25, -0.2) is 4.98 Å². The van der Waals surface area contributed by atoms with Crippen molar-refractivity contribution in [2.24, 2.45) is 0 Å². The number of aromatic nitrogens is 1. The minimum absolute atomic E-state index is 0.279. The molecule has 1 aromatic heterocycles. The van der Waals surface area contributed by atoms with Crippen LogP contribution in [0.3, 0.4) is 0 Å². The van der Waals surface area contributed by atoms with Crippen molar-refractivity contribution in [3.8, 4) is 6.07 Å². The average Bonchev–Trinajstić information content (AvgIpc) is 2.22. The highest BCUT2D eigenvalue weighted by Crippen LogP contribution is 2.16. The predicted octanol–water partition coefficient (Wildman–Crippen LogP) is 3.01. The molecule has 0 aliphatic carbocycles. The van der Waals surface area contributed by atoms with Crippen molar-refractivity contribution in [2.75, 3.05) is 11.9 Å². The van der Waals surface area contributed by atoms with Crippen LogP contribution in [-0.4, -0.2) is 11.5 Å². The molecule has 0 bridgehead atoms. The topological polar surface area (TPSA) is 48.7 Å². The van der Waals surface area contributed by atoms with E-state index in [1.165, 1.54) is 0 Å². The zero-order valence-electron chi connectivity index (χ0n) is 8.63. The van der Waals surface area contributed by atoms with Crippen LogP contribution in [-0.2, 0) is 0 Å². The van der Waals surface area contributed by atoms with Crippen LogP contribution < -0.4 is 5.32 Å². The number of halogens is 1. The van der Waals surface area contributed by atoms with Crippen molar-refractivity contribution in [3.05, 3.63) is 23.0 Å². The van der Waals surface area contributed by atoms with Gasteiger partial charge in [0.25, 0.3) is 0 Å². The maximum atomic E-state index is 8.33. The van der Waals surface area contributed by atoms with E-state index in [1.54, 1.807) is 12.3 Å². The molecule has 76 valence electrons. The highest BCUT2D eigenvalue weighted by atomic mass is 35.5. The van der Waals surface area contributed by atoms with Crippen molar-refractivity contribution < 1.29 is 0 Å². The first-order chi connectivity index (χ1) is 6.74. The van der Waals surface area contributed by atoms with Gasteiger partial charge in [0.2, 0.25) is 0 Å². The smallest absolute Gasteiger partial charge is 0.131 e. The molecule has 3 nitrogen and oxygen atoms in total. The van der Waals surface area contributed by atoms with Crippen LogP contribution in [0.2, 0.25) is 5.15 Å². The molecular weight excluding hydrogens is 198 g/mol. The molecule has 0 saturated heterocycles. The molecule has 4 heteroatoms. The molecule has 0 spiro atoms. The Balaban J connectivity index is 0.000000791. The number of rotatable bonds is 2. The zero-order chi connectivity index (χ0) is 11.0. The molecule has 1 N–H and O–H groups in total. The Hall–Kier alpha value is -1.27. The quantitative estimate of drug-likeness (QED) is 0.604. The van der Waals surface area contributed by atoms with E-state index < -0.39 is 0 Å². The van der Waals surface area contributed by atoms with Crippen LogP contribution in [0.15, 0.2) is 12.3 Å². The maximum Gasteiger partial charge on any atom is 0.131 e. The van der Waals surface area contributed by atoms with Gasteiger partial charge in [0, 0.05) is 11.9 Å². The highest BCUT2D eigenvalue weighted by molar-refractivity contribution is 6.29. The normalized spacial score (nSPS) is 8.21. The summed E-state index contributed by atoms with van der Waals surface area (Å²) in [4.78, 5) is 3.89. The third-order valence-electron chi connectivity index (χ3n) is 1.43. The van der Waals surface area contributed by atoms with Crippen molar-refractivity contribution in [1.82, 2.24) is 4.98 Å². The van der Waals surface area contributed by atoms with Crippen LogP contribution in [0.5, 0.6) is 0 Å². The molecule has 0 amide bonds. The number of aryl methyl sites for hydroxylation is 1. The number of nitrogens with one attached hydrogen (secondary N) is 1. The summed E-state index contributed by atoms with van der Waals surface area (Å²) in [7, 11) is 0. The molecule has 0 aliphatic heterocycles. The maximum absolute atomic E-state index is 8.33. The van der Waals surface area contributed by atoms with Gasteiger partial charge in [-0.2, -0.15) is 5.26 Å². The van der Waals surface area contributed by atoms with E-state index in [1.807, 2.05) is 26.8 Å². The molecule has 0 radical (unpaired) electrons. The minimum atomic E-state index is 0.279. The monoisotopic (exact) mass is 211 g/mol. The summed E-state index contributed by atoms with van der Waals surface area (Å²) in [5, 5.41) is 11.7. The number of nitriles is 1. The Morgan fingerprint density at radius 3 is 2.79 bits per heavy atom. The van der Waals surface area contributed by atoms with Crippen LogP contribution in [0.1, 0.15) is 19.4 Å². The molecular formula is C10H14ClN3. The molecule has 0 aromatic carbocycles. The van der Waals surface area contributed by atoms with E-state index in [4.69, 9.17) is 16.9 Å². The molecule has 1 heterocycles. The second-order valence-corrected chi connectivity index (χ2v) is 2.72. The molecule has 0 atom stereocenters. The zero-order valence-corrected chi connectivity index (χ0v) is 9.39. The van der Waals surface area contributed by atoms with Crippen molar-refractivity contribution in [1.29, 1.82) is 5.26 Å². The standard InChI is InChI=1S/C8H8ClN3.C2H6/c1-6-5-12-8(9)4-7(6)11-3-2-10;1-2/h4-5H,3H2,1H3,(H,11,12);1-2H3. The van der Waals surface area contributed by atoms with E-state index in [-0.39, 0.29) is 6.54 Å². The van der Waals surface area contributed by atoms with E-state index in [9.17, 15) is 0 Å². The SMILES string of the molecule is CC.Cc1cnc(Cl)cc1NCC#N. The van der Waals surface area contributed by atoms with Gasteiger partial charge >= 0.3 is 0 Å². The number of hydrogen-bond donors (Lipinski definition) is 1. The predicted molar refractivity (Wildman–Crippen MR) is 59.4 cm³/mol. The summed E-state index contributed by atoms with van der Waals surface area (Å²) in [5.41, 5.74) is 1.84. The lowest BCUT2D eigenvalue weighted by atomic mass is 10.2. The van der Waals surface area contributed by atoms with Gasteiger partial charge in [0.05, 0.1) is 6.07 Å². The fraction of sp³-hybridized carbons (Fsp3) is 0.400. The van der Waals surface area contributed by atoms with Gasteiger partial charge in [0.1, 0.15) is 11.7 Å². The Kier molecular flexibility index (Phi) is 6.51. The van der Waals surface area contributed by atoms with Crippen LogP contribution in [0.25, 0.3) is 0 Å². The molecule has 1 rings (SSSR count). The fourth-order valence-electron chi connectivity index (χ4n) is 0.823. The van der Waals surface area contributed by atoms with E-state index in [0.717, 1.165) is 11.3 Å². The summed E-state index contributed by atoms with van der Waals surface area (Å²) < 4.78 is 0. The Morgan fingerprint density at radius 1 is 1.57 bits per heavy atom. The summed E-state index contributed by atoms with van der Waals surface area (Å²) >= 11 is 5.66. The lowest BCUT2D eigenvalue weighted by Gasteiger charge is -2.04. The van der Waals surface area contributed by atoms with Gasteiger partial charge in [0.15, 0.2) is 0 Å². The van der Waals surface area contributed by atoms with Crippen molar-refractivity contribution in [2.45, 2.75) is 20.8 Å². The molecule has 0 aliphatic rings. The van der Waals surface area contributed by atoms with Gasteiger partial charge in [-0.05, 0) is 18.6 Å². The largest absolute Gasteiger partial charge is 0.372 e. The molecule has 1 aromatic rings. The lowest BCUT2D eigenvalue weighted by molar-refractivity contribution is 1.23. The Morgan fingerprint density at radius 2 is 2.21 bits per heavy atom. The number of hydrogen-bond acceptors (Lipinski definition) is 3. The third-order valence-corrected chi connectivity index (χ3v) is 1.63. The second kappa shape index (κ2) is 7.16. The van der Waals surface area contributed by atoms with Crippen molar-refractivity contribution >= 4 is 17.3 Å². The van der Waals surface area contributed by atoms with Crippen molar-refractivity contribution in [3.63, 3.8) is 0 Å². The highest BCUT2D eigenvalue weighted by Gasteiger charge is 1.98. The fourth-order valence-corrected chi connectivity index (χ4v) is 0.981. The van der Waals surface area contributed by atoms with Crippen LogP contribution >= 0.6 is 11.6 Å². The second-order valence-electron chi connectivity index (χ2n) is 2.33. The van der Waals surface area contributed by atoms with Gasteiger partial charge in [-0.15, -0.1) is 0 Å². The summed E-state index contributed by atoms with van der Waals surface area (Å²) in [6.45, 7) is 6.18. The molecule has 0 fully saturated rings. The summed E-state index contributed by atoms with van der Waals surface area (Å²) in [6, 6.07) is 3.69. The van der Waals surface area contributed by atoms with Crippen LogP contribution in [0, 0.1) is 18.3 Å². The van der Waals surface area contributed by atoms with Crippen LogP contribution in [0.4, 0.5) is 5.69 Å². The molecule has 14 heavy (non-hydrogen) atoms. The first-order valence-corrected chi connectivity index (χ1v) is 4.85. The lowest BCUT2D eigenvalue weighted by Crippen LogP contribution is -2.00. The summed E-state index contributed by atoms with van der Waals surface area (Å²) in [5.74, 6) is 0. The summed E-state index contributed by atoms with van der Waals surface area (Å²) in [6.07, 6.45) is 1.67. The number of nitrogens with zero attached hydrogens (tertiary/aromatic N) is 2. The van der Waals surface area contributed by atoms with Gasteiger partial charge in [-0.1, -0.05) is 25.4 Å². The minimum Gasteiger partial charge on any atom is -0.372 e. The number of pyridine rings is 1.